The third kappa shape index (κ3) is 4.28. The number of methoxy groups -OCH3 is 1. The molecule has 1 aromatic heterocycles. The van der Waals surface area contributed by atoms with Crippen LogP contribution < -0.4 is 9.54 Å². The highest BCUT2D eigenvalue weighted by Gasteiger charge is 2.14. The van der Waals surface area contributed by atoms with Crippen molar-refractivity contribution in [1.29, 1.82) is 0 Å². The summed E-state index contributed by atoms with van der Waals surface area (Å²) in [6.45, 7) is 2.01. The number of hydrogen-bond acceptors (Lipinski definition) is 5. The molecule has 1 heterocycles. The molecule has 0 atom stereocenters. The van der Waals surface area contributed by atoms with Crippen molar-refractivity contribution in [2.45, 2.75) is 13.5 Å². The summed E-state index contributed by atoms with van der Waals surface area (Å²) >= 11 is 4.68. The number of fused-ring (bicyclic) bond motifs is 1. The smallest absolute Gasteiger partial charge is 0.326 e. The summed E-state index contributed by atoms with van der Waals surface area (Å²) in [4.78, 5) is 29.4. The zero-order chi connectivity index (χ0) is 19.4. The summed E-state index contributed by atoms with van der Waals surface area (Å²) in [5.74, 6) is -0.0860. The van der Waals surface area contributed by atoms with Crippen LogP contribution in [0.25, 0.3) is 10.2 Å². The Morgan fingerprint density at radius 3 is 2.70 bits per heavy atom. The Balaban J connectivity index is 2.13. The van der Waals surface area contributed by atoms with Gasteiger partial charge in [0.25, 0.3) is 5.91 Å². The van der Waals surface area contributed by atoms with Gasteiger partial charge >= 0.3 is 5.97 Å². The van der Waals surface area contributed by atoms with Crippen molar-refractivity contribution in [2.75, 3.05) is 13.7 Å². The topological polar surface area (TPSA) is 69.9 Å². The lowest BCUT2D eigenvalue weighted by molar-refractivity contribution is -0.143. The minimum Gasteiger partial charge on any atom is -0.497 e. The average Bonchev–Trinajstić information content (AvgIpc) is 2.98. The summed E-state index contributed by atoms with van der Waals surface area (Å²) in [6.07, 6.45) is 0. The van der Waals surface area contributed by atoms with E-state index in [1.165, 1.54) is 11.3 Å². The second-order valence-electron chi connectivity index (χ2n) is 5.51. The second kappa shape index (κ2) is 8.49. The molecular weight excluding hydrogens is 432 g/mol. The quantitative estimate of drug-likeness (QED) is 0.556. The fourth-order valence-electron chi connectivity index (χ4n) is 2.54. The van der Waals surface area contributed by atoms with E-state index in [0.717, 1.165) is 10.2 Å². The van der Waals surface area contributed by atoms with Crippen LogP contribution in [0.2, 0.25) is 0 Å². The molecule has 0 saturated carbocycles. The van der Waals surface area contributed by atoms with Crippen LogP contribution in [0.5, 0.6) is 5.75 Å². The summed E-state index contributed by atoms with van der Waals surface area (Å²) in [5, 5.41) is 0. The lowest BCUT2D eigenvalue weighted by Crippen LogP contribution is -2.23. The van der Waals surface area contributed by atoms with Gasteiger partial charge in [0.05, 0.1) is 29.5 Å². The van der Waals surface area contributed by atoms with Crippen LogP contribution in [0.3, 0.4) is 0 Å². The van der Waals surface area contributed by atoms with Crippen molar-refractivity contribution >= 4 is 49.4 Å². The molecule has 0 aliphatic rings. The van der Waals surface area contributed by atoms with Crippen LogP contribution in [0.1, 0.15) is 17.3 Å². The van der Waals surface area contributed by atoms with Crippen molar-refractivity contribution in [3.05, 3.63) is 57.3 Å². The maximum absolute atomic E-state index is 12.7. The Morgan fingerprint density at radius 1 is 1.22 bits per heavy atom. The van der Waals surface area contributed by atoms with Gasteiger partial charge in [-0.05, 0) is 53.2 Å². The van der Waals surface area contributed by atoms with E-state index in [2.05, 4.69) is 20.9 Å². The molecule has 2 aromatic carbocycles. The van der Waals surface area contributed by atoms with Gasteiger partial charge in [-0.15, -0.1) is 0 Å². The first-order chi connectivity index (χ1) is 13.0. The van der Waals surface area contributed by atoms with Gasteiger partial charge in [-0.25, -0.2) is 0 Å². The van der Waals surface area contributed by atoms with E-state index in [9.17, 15) is 9.59 Å². The third-order valence-corrected chi connectivity index (χ3v) is 5.52. The van der Waals surface area contributed by atoms with Crippen LogP contribution in [0.15, 0.2) is 51.9 Å². The molecular formula is C19H17BrN2O4S. The lowest BCUT2D eigenvalue weighted by atomic mass is 10.2. The third-order valence-electron chi connectivity index (χ3n) is 3.78. The molecule has 0 saturated heterocycles. The van der Waals surface area contributed by atoms with Crippen molar-refractivity contribution < 1.29 is 19.1 Å². The maximum atomic E-state index is 12.7. The number of nitrogens with zero attached hydrogens (tertiary/aromatic N) is 2. The van der Waals surface area contributed by atoms with Crippen molar-refractivity contribution in [2.24, 2.45) is 4.99 Å². The highest BCUT2D eigenvalue weighted by atomic mass is 79.9. The molecule has 0 N–H and O–H groups in total. The molecule has 0 radical (unpaired) electrons. The van der Waals surface area contributed by atoms with Gasteiger partial charge in [0.15, 0.2) is 4.80 Å². The molecule has 27 heavy (non-hydrogen) atoms. The Hall–Kier alpha value is -2.45. The molecule has 140 valence electrons. The number of aromatic nitrogens is 1. The van der Waals surface area contributed by atoms with Crippen LogP contribution in [-0.2, 0) is 16.1 Å². The second-order valence-corrected chi connectivity index (χ2v) is 7.37. The standard InChI is InChI=1S/C19H17BrN2O4S/c1-3-26-17(23)11-22-15-9-8-12(25-2)10-16(15)27-19(22)21-18(24)13-6-4-5-7-14(13)20/h4-10H,3,11H2,1-2H3. The molecule has 8 heteroatoms. The molecule has 0 fully saturated rings. The van der Waals surface area contributed by atoms with E-state index in [-0.39, 0.29) is 19.1 Å². The Bertz CT molecular complexity index is 1070. The van der Waals surface area contributed by atoms with Gasteiger partial charge in [-0.2, -0.15) is 4.99 Å². The van der Waals surface area contributed by atoms with E-state index >= 15 is 0 Å². The summed E-state index contributed by atoms with van der Waals surface area (Å²) in [7, 11) is 1.59. The Labute approximate surface area is 168 Å². The van der Waals surface area contributed by atoms with Crippen molar-refractivity contribution in [1.82, 2.24) is 4.57 Å². The van der Waals surface area contributed by atoms with Gasteiger partial charge in [-0.3, -0.25) is 9.59 Å². The highest BCUT2D eigenvalue weighted by molar-refractivity contribution is 9.10. The first-order valence-corrected chi connectivity index (χ1v) is 9.81. The number of halogens is 1. The van der Waals surface area contributed by atoms with Gasteiger partial charge in [0.2, 0.25) is 0 Å². The monoisotopic (exact) mass is 448 g/mol. The van der Waals surface area contributed by atoms with Crippen LogP contribution in [-0.4, -0.2) is 30.2 Å². The number of benzene rings is 2. The predicted molar refractivity (Wildman–Crippen MR) is 107 cm³/mol. The number of thiazole rings is 1. The van der Waals surface area contributed by atoms with Gasteiger partial charge in [-0.1, -0.05) is 23.5 Å². The fraction of sp³-hybridized carbons (Fsp3) is 0.211. The largest absolute Gasteiger partial charge is 0.497 e. The molecule has 0 bridgehead atoms. The normalized spacial score (nSPS) is 11.6. The Kier molecular flexibility index (Phi) is 6.08. The fourth-order valence-corrected chi connectivity index (χ4v) is 4.05. The molecule has 0 aliphatic heterocycles. The number of hydrogen-bond donors (Lipinski definition) is 0. The lowest BCUT2D eigenvalue weighted by Gasteiger charge is -2.06. The average molecular weight is 449 g/mol. The first-order valence-electron chi connectivity index (χ1n) is 8.20. The SMILES string of the molecule is CCOC(=O)Cn1c(=NC(=O)c2ccccc2Br)sc2cc(OC)ccc21. The number of amides is 1. The van der Waals surface area contributed by atoms with Crippen molar-refractivity contribution in [3.8, 4) is 5.75 Å². The zero-order valence-corrected chi connectivity index (χ0v) is 17.2. The van der Waals surface area contributed by atoms with Crippen molar-refractivity contribution in [3.63, 3.8) is 0 Å². The maximum Gasteiger partial charge on any atom is 0.326 e. The minimum absolute atomic E-state index is 0.0256. The van der Waals surface area contributed by atoms with E-state index in [1.54, 1.807) is 42.9 Å². The summed E-state index contributed by atoms with van der Waals surface area (Å²) in [5.41, 5.74) is 1.24. The number of carbonyl (C=O) groups is 2. The molecule has 3 rings (SSSR count). The van der Waals surface area contributed by atoms with E-state index in [0.29, 0.717) is 20.6 Å². The zero-order valence-electron chi connectivity index (χ0n) is 14.8. The molecule has 0 unspecified atom stereocenters. The number of esters is 1. The van der Waals surface area contributed by atoms with E-state index in [4.69, 9.17) is 9.47 Å². The molecule has 0 spiro atoms. The number of carbonyl (C=O) groups excluding carboxylic acids is 2. The van der Waals surface area contributed by atoms with Gasteiger partial charge in [0.1, 0.15) is 12.3 Å². The molecule has 1 amide bonds. The van der Waals surface area contributed by atoms with Gasteiger partial charge in [0, 0.05) is 4.47 Å². The highest BCUT2D eigenvalue weighted by Crippen LogP contribution is 2.23. The first kappa shape index (κ1) is 19.3. The van der Waals surface area contributed by atoms with Gasteiger partial charge < -0.3 is 14.0 Å². The number of ether oxygens (including phenoxy) is 2. The minimum atomic E-state index is -0.390. The predicted octanol–water partition coefficient (Wildman–Crippen LogP) is 3.78. The van der Waals surface area contributed by atoms with Crippen LogP contribution >= 0.6 is 27.3 Å². The summed E-state index contributed by atoms with van der Waals surface area (Å²) in [6, 6.07) is 12.6. The number of rotatable bonds is 5. The van der Waals surface area contributed by atoms with E-state index in [1.807, 2.05) is 18.2 Å². The van der Waals surface area contributed by atoms with Crippen LogP contribution in [0.4, 0.5) is 0 Å². The van der Waals surface area contributed by atoms with Crippen LogP contribution in [0, 0.1) is 0 Å². The molecule has 0 aliphatic carbocycles. The molecule has 6 nitrogen and oxygen atoms in total. The summed E-state index contributed by atoms with van der Waals surface area (Å²) < 4.78 is 13.5. The Morgan fingerprint density at radius 2 is 2.00 bits per heavy atom. The molecule has 3 aromatic rings. The van der Waals surface area contributed by atoms with E-state index < -0.39 is 5.91 Å².